The summed E-state index contributed by atoms with van der Waals surface area (Å²) in [6.07, 6.45) is 3.05. The van der Waals surface area contributed by atoms with Crippen LogP contribution in [0.1, 0.15) is 36.2 Å². The lowest BCUT2D eigenvalue weighted by Gasteiger charge is -2.06. The van der Waals surface area contributed by atoms with Gasteiger partial charge in [-0.2, -0.15) is 4.98 Å². The number of rotatable bonds is 7. The molecule has 3 aromatic heterocycles. The molecule has 1 saturated carbocycles. The highest BCUT2D eigenvalue weighted by molar-refractivity contribution is 7.98. The first-order valence-corrected chi connectivity index (χ1v) is 10.7. The number of aromatic nitrogens is 5. The van der Waals surface area contributed by atoms with Crippen molar-refractivity contribution in [1.29, 1.82) is 0 Å². The third-order valence-corrected chi connectivity index (χ3v) is 6.15. The normalized spacial score (nSPS) is 13.9. The Morgan fingerprint density at radius 2 is 2.00 bits per heavy atom. The molecule has 0 saturated heterocycles. The molecule has 0 aliphatic heterocycles. The lowest BCUT2D eigenvalue weighted by molar-refractivity contribution is 0.385. The van der Waals surface area contributed by atoms with E-state index >= 15 is 0 Å². The van der Waals surface area contributed by atoms with Crippen LogP contribution in [0.4, 0.5) is 0 Å². The third-order valence-electron chi connectivity index (χ3n) is 4.36. The van der Waals surface area contributed by atoms with Gasteiger partial charge in [0.2, 0.25) is 5.89 Å². The van der Waals surface area contributed by atoms with Gasteiger partial charge in [-0.3, -0.25) is 4.57 Å². The highest BCUT2D eigenvalue weighted by Crippen LogP contribution is 2.42. The van der Waals surface area contributed by atoms with Crippen molar-refractivity contribution in [2.75, 3.05) is 0 Å². The van der Waals surface area contributed by atoms with E-state index in [0.717, 1.165) is 15.9 Å². The van der Waals surface area contributed by atoms with E-state index in [9.17, 15) is 0 Å². The summed E-state index contributed by atoms with van der Waals surface area (Å²) in [7, 11) is 0. The number of hydrogen-bond donors (Lipinski definition) is 0. The molecular formula is C19H17N5OS2. The Hall–Kier alpha value is -2.45. The third kappa shape index (κ3) is 3.68. The topological polar surface area (TPSA) is 69.6 Å². The predicted octanol–water partition coefficient (Wildman–Crippen LogP) is 4.61. The number of thiophene rings is 1. The number of benzene rings is 1. The van der Waals surface area contributed by atoms with E-state index in [1.807, 2.05) is 24.3 Å². The molecule has 0 amide bonds. The average molecular weight is 396 g/mol. The summed E-state index contributed by atoms with van der Waals surface area (Å²) in [6, 6.07) is 14.8. The van der Waals surface area contributed by atoms with Gasteiger partial charge in [0.15, 0.2) is 16.8 Å². The van der Waals surface area contributed by atoms with Gasteiger partial charge in [-0.1, -0.05) is 53.3 Å². The van der Waals surface area contributed by atoms with E-state index in [0.29, 0.717) is 29.9 Å². The van der Waals surface area contributed by atoms with Gasteiger partial charge in [0.1, 0.15) is 0 Å². The Balaban J connectivity index is 1.30. The van der Waals surface area contributed by atoms with Crippen molar-refractivity contribution in [3.05, 3.63) is 65.1 Å². The average Bonchev–Trinajstić information content (AvgIpc) is 3.10. The van der Waals surface area contributed by atoms with Crippen molar-refractivity contribution in [3.8, 4) is 10.7 Å². The second-order valence-corrected chi connectivity index (χ2v) is 8.33. The van der Waals surface area contributed by atoms with Crippen molar-refractivity contribution in [3.63, 3.8) is 0 Å². The summed E-state index contributed by atoms with van der Waals surface area (Å²) in [5.41, 5.74) is 1.17. The SMILES string of the molecule is c1ccc(Cc2noc(CSc3nnc(-c4cccs4)n3C3CC3)n2)cc1. The molecule has 4 aromatic rings. The van der Waals surface area contributed by atoms with Crippen LogP contribution in [0.5, 0.6) is 0 Å². The molecule has 1 aliphatic rings. The second-order valence-electron chi connectivity index (χ2n) is 6.44. The van der Waals surface area contributed by atoms with E-state index in [2.05, 4.69) is 48.5 Å². The number of hydrogen-bond acceptors (Lipinski definition) is 7. The van der Waals surface area contributed by atoms with Crippen LogP contribution < -0.4 is 0 Å². The summed E-state index contributed by atoms with van der Waals surface area (Å²) in [4.78, 5) is 5.67. The summed E-state index contributed by atoms with van der Waals surface area (Å²) in [5.74, 6) is 2.89. The van der Waals surface area contributed by atoms with E-state index in [1.54, 1.807) is 23.1 Å². The largest absolute Gasteiger partial charge is 0.338 e. The van der Waals surface area contributed by atoms with Gasteiger partial charge in [0.25, 0.3) is 0 Å². The van der Waals surface area contributed by atoms with Gasteiger partial charge in [-0.05, 0) is 29.9 Å². The zero-order chi connectivity index (χ0) is 18.1. The molecular weight excluding hydrogens is 378 g/mol. The molecule has 0 spiro atoms. The lowest BCUT2D eigenvalue weighted by Crippen LogP contribution is -1.99. The van der Waals surface area contributed by atoms with Crippen LogP contribution in [0.25, 0.3) is 10.7 Å². The van der Waals surface area contributed by atoms with E-state index in [1.165, 1.54) is 18.4 Å². The van der Waals surface area contributed by atoms with Crippen LogP contribution in [-0.4, -0.2) is 24.9 Å². The molecule has 1 aliphatic carbocycles. The molecule has 1 fully saturated rings. The second kappa shape index (κ2) is 7.28. The first-order chi connectivity index (χ1) is 13.4. The first kappa shape index (κ1) is 16.7. The summed E-state index contributed by atoms with van der Waals surface area (Å²) in [5, 5.41) is 15.9. The molecule has 0 bridgehead atoms. The van der Waals surface area contributed by atoms with Crippen molar-refractivity contribution in [1.82, 2.24) is 24.9 Å². The number of nitrogens with zero attached hydrogens (tertiary/aromatic N) is 5. The van der Waals surface area contributed by atoms with Crippen LogP contribution in [0.3, 0.4) is 0 Å². The summed E-state index contributed by atoms with van der Waals surface area (Å²) >= 11 is 3.30. The number of thioether (sulfide) groups is 1. The standard InChI is InChI=1S/C19H17N5OS2/c1-2-5-13(6-3-1)11-16-20-17(25-23-16)12-27-19-22-21-18(15-7-4-10-26-15)24(19)14-8-9-14/h1-7,10,14H,8-9,11-12H2. The Bertz CT molecular complexity index is 1020. The minimum Gasteiger partial charge on any atom is -0.338 e. The Morgan fingerprint density at radius 1 is 1.11 bits per heavy atom. The molecule has 0 atom stereocenters. The molecule has 0 radical (unpaired) electrons. The zero-order valence-electron chi connectivity index (χ0n) is 14.5. The molecule has 0 unspecified atom stereocenters. The van der Waals surface area contributed by atoms with Gasteiger partial charge in [-0.25, -0.2) is 0 Å². The van der Waals surface area contributed by atoms with Gasteiger partial charge >= 0.3 is 0 Å². The van der Waals surface area contributed by atoms with Gasteiger partial charge < -0.3 is 4.52 Å². The maximum Gasteiger partial charge on any atom is 0.237 e. The molecule has 5 rings (SSSR count). The Labute approximate surface area is 164 Å². The van der Waals surface area contributed by atoms with Crippen molar-refractivity contribution in [2.45, 2.75) is 36.2 Å². The highest BCUT2D eigenvalue weighted by atomic mass is 32.2. The van der Waals surface area contributed by atoms with Gasteiger partial charge in [0.05, 0.1) is 10.6 Å². The van der Waals surface area contributed by atoms with Gasteiger partial charge in [0, 0.05) is 12.5 Å². The lowest BCUT2D eigenvalue weighted by atomic mass is 10.1. The maximum absolute atomic E-state index is 5.42. The minimum atomic E-state index is 0.510. The van der Waals surface area contributed by atoms with E-state index in [4.69, 9.17) is 4.52 Å². The molecule has 27 heavy (non-hydrogen) atoms. The minimum absolute atomic E-state index is 0.510. The van der Waals surface area contributed by atoms with Crippen molar-refractivity contribution < 1.29 is 4.52 Å². The van der Waals surface area contributed by atoms with E-state index < -0.39 is 0 Å². The molecule has 0 N–H and O–H groups in total. The molecule has 3 heterocycles. The predicted molar refractivity (Wildman–Crippen MR) is 105 cm³/mol. The van der Waals surface area contributed by atoms with E-state index in [-0.39, 0.29) is 0 Å². The summed E-state index contributed by atoms with van der Waals surface area (Å²) < 4.78 is 7.68. The van der Waals surface area contributed by atoms with Crippen LogP contribution in [-0.2, 0) is 12.2 Å². The van der Waals surface area contributed by atoms with Crippen LogP contribution in [0.2, 0.25) is 0 Å². The monoisotopic (exact) mass is 395 g/mol. The molecule has 136 valence electrons. The smallest absolute Gasteiger partial charge is 0.237 e. The first-order valence-electron chi connectivity index (χ1n) is 8.84. The van der Waals surface area contributed by atoms with Crippen LogP contribution in [0, 0.1) is 0 Å². The van der Waals surface area contributed by atoms with Crippen LogP contribution >= 0.6 is 23.1 Å². The maximum atomic E-state index is 5.42. The van der Waals surface area contributed by atoms with Crippen molar-refractivity contribution >= 4 is 23.1 Å². The summed E-state index contributed by atoms with van der Waals surface area (Å²) in [6.45, 7) is 0. The Kier molecular flexibility index (Phi) is 4.51. The molecule has 8 heteroatoms. The Morgan fingerprint density at radius 3 is 2.78 bits per heavy atom. The van der Waals surface area contributed by atoms with Crippen molar-refractivity contribution in [2.24, 2.45) is 0 Å². The quantitative estimate of drug-likeness (QED) is 0.426. The highest BCUT2D eigenvalue weighted by Gasteiger charge is 2.30. The fourth-order valence-electron chi connectivity index (χ4n) is 2.94. The zero-order valence-corrected chi connectivity index (χ0v) is 16.1. The molecule has 1 aromatic carbocycles. The van der Waals surface area contributed by atoms with Crippen LogP contribution in [0.15, 0.2) is 57.5 Å². The molecule has 6 nitrogen and oxygen atoms in total. The fourth-order valence-corrected chi connectivity index (χ4v) is 4.48. The fraction of sp³-hybridized carbons (Fsp3) is 0.263. The van der Waals surface area contributed by atoms with Gasteiger partial charge in [-0.15, -0.1) is 21.5 Å².